The summed E-state index contributed by atoms with van der Waals surface area (Å²) in [5, 5.41) is 0. The highest BCUT2D eigenvalue weighted by molar-refractivity contribution is 5.83. The average molecular weight is 298 g/mol. The molecule has 0 N–H and O–H groups in total. The third-order valence-corrected chi connectivity index (χ3v) is 5.36. The first kappa shape index (κ1) is 15.0. The van der Waals surface area contributed by atoms with Crippen molar-refractivity contribution in [1.29, 1.82) is 0 Å². The van der Waals surface area contributed by atoms with Crippen molar-refractivity contribution < 1.29 is 13.9 Å². The molecule has 0 aromatic carbocycles. The van der Waals surface area contributed by atoms with Gasteiger partial charge in [0.1, 0.15) is 11.9 Å². The Morgan fingerprint density at radius 3 is 2.82 bits per heavy atom. The first-order chi connectivity index (χ1) is 10.8. The van der Waals surface area contributed by atoms with Crippen LogP contribution in [0.15, 0.2) is 34.8 Å². The van der Waals surface area contributed by atoms with Crippen molar-refractivity contribution in [2.24, 2.45) is 17.8 Å². The van der Waals surface area contributed by atoms with E-state index in [9.17, 15) is 4.79 Å². The fourth-order valence-electron chi connectivity index (χ4n) is 4.37. The molecule has 2 saturated carbocycles. The van der Waals surface area contributed by atoms with Crippen LogP contribution in [0, 0.1) is 30.6 Å². The van der Waals surface area contributed by atoms with Gasteiger partial charge in [0.15, 0.2) is 0 Å². The molecule has 1 aliphatic heterocycles. The average Bonchev–Trinajstić information content (AvgIpc) is 3.10. The van der Waals surface area contributed by atoms with Crippen molar-refractivity contribution in [1.82, 2.24) is 0 Å². The van der Waals surface area contributed by atoms with E-state index in [1.165, 1.54) is 18.4 Å². The highest BCUT2D eigenvalue weighted by atomic mass is 16.5. The number of hydrogen-bond acceptors (Lipinski definition) is 3. The predicted octanol–water partition coefficient (Wildman–Crippen LogP) is 4.27. The van der Waals surface area contributed by atoms with E-state index >= 15 is 0 Å². The molecular weight excluding hydrogens is 276 g/mol. The maximum Gasteiger partial charge on any atom is 0.136 e. The maximum absolute atomic E-state index is 12.4. The summed E-state index contributed by atoms with van der Waals surface area (Å²) >= 11 is 0. The van der Waals surface area contributed by atoms with Gasteiger partial charge in [-0.3, -0.25) is 4.79 Å². The second-order valence-corrected chi connectivity index (χ2v) is 6.40. The molecule has 2 aliphatic carbocycles. The molecule has 0 spiro atoms. The summed E-state index contributed by atoms with van der Waals surface area (Å²) in [5.41, 5.74) is 2.45. The molecule has 3 heteroatoms. The van der Waals surface area contributed by atoms with Crippen LogP contribution in [0.25, 0.3) is 0 Å². The van der Waals surface area contributed by atoms with E-state index in [0.29, 0.717) is 17.6 Å². The van der Waals surface area contributed by atoms with Crippen LogP contribution in [0.5, 0.6) is 0 Å². The van der Waals surface area contributed by atoms with Gasteiger partial charge in [-0.05, 0) is 55.6 Å². The van der Waals surface area contributed by atoms with Gasteiger partial charge in [0.25, 0.3) is 0 Å². The Kier molecular flexibility index (Phi) is 4.38. The molecule has 116 valence electrons. The van der Waals surface area contributed by atoms with Crippen LogP contribution >= 0.6 is 0 Å². The normalized spacial score (nSPS) is 33.4. The summed E-state index contributed by atoms with van der Waals surface area (Å²) in [5.74, 6) is 1.75. The van der Waals surface area contributed by atoms with E-state index in [-0.39, 0.29) is 12.0 Å². The molecule has 0 radical (unpaired) electrons. The van der Waals surface area contributed by atoms with Gasteiger partial charge in [0.05, 0.1) is 18.8 Å². The molecule has 0 amide bonds. The number of ketones is 1. The number of fused-ring (bicyclic) bond motifs is 3. The van der Waals surface area contributed by atoms with Crippen LogP contribution in [0.1, 0.15) is 50.2 Å². The van der Waals surface area contributed by atoms with Gasteiger partial charge >= 0.3 is 0 Å². The molecule has 22 heavy (non-hydrogen) atoms. The van der Waals surface area contributed by atoms with Crippen molar-refractivity contribution in [3.63, 3.8) is 0 Å². The highest BCUT2D eigenvalue weighted by Crippen LogP contribution is 2.50. The van der Waals surface area contributed by atoms with E-state index < -0.39 is 0 Å². The summed E-state index contributed by atoms with van der Waals surface area (Å²) in [6.07, 6.45) is 19.7. The third-order valence-electron chi connectivity index (χ3n) is 5.36. The SMILES string of the molecule is C#C.O=C1CCCC2CCC3=CO[C@H](c4ccoc4)CC3[C@@H]12. The number of carbonyl (C=O) groups excluding carboxylic acids is 1. The zero-order valence-corrected chi connectivity index (χ0v) is 12.7. The largest absolute Gasteiger partial charge is 0.493 e. The lowest BCUT2D eigenvalue weighted by molar-refractivity contribution is -0.130. The lowest BCUT2D eigenvalue weighted by atomic mass is 9.61. The minimum Gasteiger partial charge on any atom is -0.493 e. The summed E-state index contributed by atoms with van der Waals surface area (Å²) in [6.45, 7) is 0. The second-order valence-electron chi connectivity index (χ2n) is 6.40. The van der Waals surface area contributed by atoms with Gasteiger partial charge in [-0.2, -0.15) is 0 Å². The van der Waals surface area contributed by atoms with Crippen LogP contribution in [-0.4, -0.2) is 5.78 Å². The zero-order valence-electron chi connectivity index (χ0n) is 12.7. The molecule has 3 nitrogen and oxygen atoms in total. The number of terminal acetylenes is 1. The number of hydrogen-bond donors (Lipinski definition) is 0. The van der Waals surface area contributed by atoms with Crippen molar-refractivity contribution >= 4 is 5.78 Å². The molecule has 0 saturated heterocycles. The number of carbonyl (C=O) groups is 1. The van der Waals surface area contributed by atoms with Crippen LogP contribution in [0.2, 0.25) is 0 Å². The summed E-state index contributed by atoms with van der Waals surface area (Å²) in [4.78, 5) is 12.4. The van der Waals surface area contributed by atoms with Crippen molar-refractivity contribution in [2.45, 2.75) is 44.6 Å². The van der Waals surface area contributed by atoms with E-state index in [2.05, 4.69) is 12.8 Å². The lowest BCUT2D eigenvalue weighted by Gasteiger charge is -2.44. The number of Topliss-reactive ketones (excluding diaryl/α,β-unsaturated/α-hetero) is 1. The predicted molar refractivity (Wildman–Crippen MR) is 83.7 cm³/mol. The molecule has 4 atom stereocenters. The zero-order chi connectivity index (χ0) is 15.5. The minimum absolute atomic E-state index is 0.0518. The highest BCUT2D eigenvalue weighted by Gasteiger charge is 2.44. The van der Waals surface area contributed by atoms with E-state index in [4.69, 9.17) is 9.15 Å². The van der Waals surface area contributed by atoms with Gasteiger partial charge in [0, 0.05) is 17.9 Å². The molecule has 2 unspecified atom stereocenters. The Morgan fingerprint density at radius 1 is 1.18 bits per heavy atom. The summed E-state index contributed by atoms with van der Waals surface area (Å²) < 4.78 is 11.0. The molecule has 4 rings (SSSR count). The van der Waals surface area contributed by atoms with Crippen LogP contribution in [0.3, 0.4) is 0 Å². The minimum atomic E-state index is 0.0518. The van der Waals surface area contributed by atoms with Gasteiger partial charge in [-0.25, -0.2) is 0 Å². The fourth-order valence-corrected chi connectivity index (χ4v) is 4.37. The van der Waals surface area contributed by atoms with Gasteiger partial charge in [-0.1, -0.05) is 0 Å². The topological polar surface area (TPSA) is 39.4 Å². The first-order valence-corrected chi connectivity index (χ1v) is 8.05. The number of rotatable bonds is 1. The van der Waals surface area contributed by atoms with Crippen molar-refractivity contribution in [3.05, 3.63) is 36.0 Å². The van der Waals surface area contributed by atoms with Crippen LogP contribution in [0.4, 0.5) is 0 Å². The molecule has 2 fully saturated rings. The Balaban J connectivity index is 0.000000693. The molecule has 3 aliphatic rings. The van der Waals surface area contributed by atoms with Crippen molar-refractivity contribution in [3.8, 4) is 12.8 Å². The molecule has 0 bridgehead atoms. The van der Waals surface area contributed by atoms with Gasteiger partial charge in [-0.15, -0.1) is 12.8 Å². The monoisotopic (exact) mass is 298 g/mol. The standard InChI is InChI=1S/C17H20O3.C2H2/c18-15-3-1-2-11-4-5-12-10-20-16(8-14(12)17(11)15)13-6-7-19-9-13;1-2/h6-7,9-11,14,16-17H,1-5,8H2;1-2H/t11?,14?,16-,17-;/m0./s1. The Labute approximate surface area is 131 Å². The lowest BCUT2D eigenvalue weighted by Crippen LogP contribution is -2.40. The third kappa shape index (κ3) is 2.59. The summed E-state index contributed by atoms with van der Waals surface area (Å²) in [6, 6.07) is 1.96. The van der Waals surface area contributed by atoms with E-state index in [1.54, 1.807) is 12.5 Å². The maximum atomic E-state index is 12.4. The number of furan rings is 1. The van der Waals surface area contributed by atoms with Crippen LogP contribution in [-0.2, 0) is 9.53 Å². The van der Waals surface area contributed by atoms with Gasteiger partial charge in [0.2, 0.25) is 0 Å². The number of allylic oxidation sites excluding steroid dienone is 1. The van der Waals surface area contributed by atoms with Crippen LogP contribution < -0.4 is 0 Å². The molecule has 2 heterocycles. The fraction of sp³-hybridized carbons (Fsp3) is 0.526. The second kappa shape index (κ2) is 6.44. The van der Waals surface area contributed by atoms with Gasteiger partial charge < -0.3 is 9.15 Å². The smallest absolute Gasteiger partial charge is 0.136 e. The molecule has 1 aromatic rings. The summed E-state index contributed by atoms with van der Waals surface area (Å²) in [7, 11) is 0. The Hall–Kier alpha value is -1.95. The number of ether oxygens (including phenoxy) is 1. The Morgan fingerprint density at radius 2 is 2.05 bits per heavy atom. The quantitative estimate of drug-likeness (QED) is 0.727. The molecule has 1 aromatic heterocycles. The molecular formula is C19H22O3. The Bertz CT molecular complexity index is 567. The van der Waals surface area contributed by atoms with E-state index in [0.717, 1.165) is 31.2 Å². The van der Waals surface area contributed by atoms with Crippen molar-refractivity contribution in [2.75, 3.05) is 0 Å². The first-order valence-electron chi connectivity index (χ1n) is 8.05. The van der Waals surface area contributed by atoms with E-state index in [1.807, 2.05) is 12.3 Å².